The molecule has 0 aliphatic heterocycles. The fourth-order valence-corrected chi connectivity index (χ4v) is 4.06. The van der Waals surface area contributed by atoms with Crippen LogP contribution in [0.2, 0.25) is 0 Å². The summed E-state index contributed by atoms with van der Waals surface area (Å²) in [4.78, 5) is 12.4. The Balaban J connectivity index is 3.87. The number of ether oxygens (including phenoxy) is 1. The summed E-state index contributed by atoms with van der Waals surface area (Å²) in [5.74, 6) is 0.675. The first kappa shape index (κ1) is 28.5. The molecule has 0 aliphatic rings. The Labute approximate surface area is 184 Å². The molecule has 0 saturated heterocycles. The molecule has 0 spiro atoms. The van der Waals surface area contributed by atoms with E-state index in [0.717, 1.165) is 6.42 Å². The van der Waals surface area contributed by atoms with Crippen molar-refractivity contribution >= 4 is 5.97 Å². The molecule has 0 fully saturated rings. The molecule has 0 saturated carbocycles. The van der Waals surface area contributed by atoms with E-state index in [0.29, 0.717) is 12.5 Å². The van der Waals surface area contributed by atoms with Crippen LogP contribution in [-0.2, 0) is 9.53 Å². The Morgan fingerprint density at radius 2 is 1.00 bits per heavy atom. The monoisotopic (exact) mass is 410 g/mol. The topological polar surface area (TPSA) is 26.3 Å². The van der Waals surface area contributed by atoms with Crippen LogP contribution in [0.1, 0.15) is 150 Å². The molecule has 0 aromatic carbocycles. The summed E-state index contributed by atoms with van der Waals surface area (Å²) < 4.78 is 5.74. The van der Waals surface area contributed by atoms with Gasteiger partial charge in [0.25, 0.3) is 0 Å². The smallest absolute Gasteiger partial charge is 0.308 e. The zero-order valence-corrected chi connectivity index (χ0v) is 20.6. The lowest BCUT2D eigenvalue weighted by Crippen LogP contribution is -2.19. The van der Waals surface area contributed by atoms with Crippen LogP contribution in [0, 0.1) is 11.8 Å². The standard InChI is InChI=1S/C27H54O2/c1-5-8-11-13-15-16-17-19-21-25(4)27(28)29-24-26(22-10-7-3)23-20-18-14-12-9-6-2/h25-26H,5-24H2,1-4H3. The lowest BCUT2D eigenvalue weighted by atomic mass is 9.95. The summed E-state index contributed by atoms with van der Waals surface area (Å²) in [7, 11) is 0. The first-order valence-corrected chi connectivity index (χ1v) is 13.3. The molecule has 29 heavy (non-hydrogen) atoms. The van der Waals surface area contributed by atoms with Crippen molar-refractivity contribution in [3.05, 3.63) is 0 Å². The van der Waals surface area contributed by atoms with Crippen LogP contribution in [0.15, 0.2) is 0 Å². The lowest BCUT2D eigenvalue weighted by Gasteiger charge is -2.18. The largest absolute Gasteiger partial charge is 0.465 e. The number of hydrogen-bond acceptors (Lipinski definition) is 2. The summed E-state index contributed by atoms with van der Waals surface area (Å²) in [5, 5.41) is 0. The van der Waals surface area contributed by atoms with E-state index in [-0.39, 0.29) is 11.9 Å². The lowest BCUT2D eigenvalue weighted by molar-refractivity contribution is -0.149. The number of unbranched alkanes of at least 4 members (excludes halogenated alkanes) is 13. The van der Waals surface area contributed by atoms with E-state index in [1.807, 2.05) is 0 Å². The Morgan fingerprint density at radius 3 is 1.52 bits per heavy atom. The molecule has 2 unspecified atom stereocenters. The summed E-state index contributed by atoms with van der Waals surface area (Å²) in [6.45, 7) is 9.49. The van der Waals surface area contributed by atoms with Gasteiger partial charge in [-0.1, -0.05) is 130 Å². The maximum atomic E-state index is 12.4. The maximum Gasteiger partial charge on any atom is 0.308 e. The molecule has 0 bridgehead atoms. The molecule has 0 heterocycles. The third-order valence-corrected chi connectivity index (χ3v) is 6.29. The number of esters is 1. The van der Waals surface area contributed by atoms with Crippen LogP contribution in [0.5, 0.6) is 0 Å². The molecule has 0 rings (SSSR count). The fourth-order valence-electron chi connectivity index (χ4n) is 4.06. The number of carbonyl (C=O) groups excluding carboxylic acids is 1. The van der Waals surface area contributed by atoms with Crippen molar-refractivity contribution in [3.63, 3.8) is 0 Å². The second-order valence-electron chi connectivity index (χ2n) is 9.36. The summed E-state index contributed by atoms with van der Waals surface area (Å²) >= 11 is 0. The van der Waals surface area contributed by atoms with Gasteiger partial charge in [0.1, 0.15) is 0 Å². The molecule has 0 aromatic heterocycles. The van der Waals surface area contributed by atoms with Crippen LogP contribution in [-0.4, -0.2) is 12.6 Å². The normalized spacial score (nSPS) is 13.4. The van der Waals surface area contributed by atoms with Gasteiger partial charge in [-0.2, -0.15) is 0 Å². The van der Waals surface area contributed by atoms with Gasteiger partial charge in [-0.25, -0.2) is 0 Å². The highest BCUT2D eigenvalue weighted by atomic mass is 16.5. The molecule has 2 nitrogen and oxygen atoms in total. The fraction of sp³-hybridized carbons (Fsp3) is 0.963. The van der Waals surface area contributed by atoms with E-state index in [4.69, 9.17) is 4.74 Å². The summed E-state index contributed by atoms with van der Waals surface area (Å²) in [6.07, 6.45) is 24.5. The minimum Gasteiger partial charge on any atom is -0.465 e. The average molecular weight is 411 g/mol. The van der Waals surface area contributed by atoms with E-state index in [1.54, 1.807) is 0 Å². The summed E-state index contributed by atoms with van der Waals surface area (Å²) in [5.41, 5.74) is 0. The highest BCUT2D eigenvalue weighted by Gasteiger charge is 2.17. The molecule has 174 valence electrons. The van der Waals surface area contributed by atoms with Crippen molar-refractivity contribution in [2.75, 3.05) is 6.61 Å². The van der Waals surface area contributed by atoms with Crippen molar-refractivity contribution < 1.29 is 9.53 Å². The zero-order chi connectivity index (χ0) is 21.6. The van der Waals surface area contributed by atoms with Crippen LogP contribution in [0.25, 0.3) is 0 Å². The number of carbonyl (C=O) groups is 1. The minimum absolute atomic E-state index is 0.0393. The molecule has 2 heteroatoms. The summed E-state index contributed by atoms with van der Waals surface area (Å²) in [6, 6.07) is 0. The predicted molar refractivity (Wildman–Crippen MR) is 128 cm³/mol. The van der Waals surface area contributed by atoms with E-state index in [2.05, 4.69) is 27.7 Å². The van der Waals surface area contributed by atoms with Crippen molar-refractivity contribution in [2.45, 2.75) is 150 Å². The third kappa shape index (κ3) is 19.2. The molecule has 0 amide bonds. The second-order valence-corrected chi connectivity index (χ2v) is 9.36. The zero-order valence-electron chi connectivity index (χ0n) is 20.6. The van der Waals surface area contributed by atoms with Gasteiger partial charge in [0.2, 0.25) is 0 Å². The first-order chi connectivity index (χ1) is 14.2. The Hall–Kier alpha value is -0.530. The van der Waals surface area contributed by atoms with Gasteiger partial charge in [-0.05, 0) is 25.2 Å². The Kier molecular flexibility index (Phi) is 21.8. The number of rotatable bonds is 22. The quantitative estimate of drug-likeness (QED) is 0.131. The molecule has 0 N–H and O–H groups in total. The minimum atomic E-state index is 0.0393. The van der Waals surface area contributed by atoms with E-state index < -0.39 is 0 Å². The van der Waals surface area contributed by atoms with Crippen molar-refractivity contribution in [2.24, 2.45) is 11.8 Å². The predicted octanol–water partition coefficient (Wildman–Crippen LogP) is 9.25. The van der Waals surface area contributed by atoms with Crippen LogP contribution in [0.3, 0.4) is 0 Å². The van der Waals surface area contributed by atoms with Gasteiger partial charge in [-0.3, -0.25) is 4.79 Å². The van der Waals surface area contributed by atoms with E-state index in [9.17, 15) is 4.79 Å². The Bertz CT molecular complexity index is 339. The van der Waals surface area contributed by atoms with Gasteiger partial charge < -0.3 is 4.74 Å². The molecule has 2 atom stereocenters. The van der Waals surface area contributed by atoms with Gasteiger partial charge >= 0.3 is 5.97 Å². The van der Waals surface area contributed by atoms with Gasteiger partial charge in [0, 0.05) is 0 Å². The molecule has 0 radical (unpaired) electrons. The van der Waals surface area contributed by atoms with Gasteiger partial charge in [0.15, 0.2) is 0 Å². The van der Waals surface area contributed by atoms with Crippen molar-refractivity contribution in [3.8, 4) is 0 Å². The molecular formula is C27H54O2. The van der Waals surface area contributed by atoms with Crippen LogP contribution in [0.4, 0.5) is 0 Å². The van der Waals surface area contributed by atoms with Gasteiger partial charge in [0.05, 0.1) is 12.5 Å². The Morgan fingerprint density at radius 1 is 0.586 bits per heavy atom. The van der Waals surface area contributed by atoms with Crippen molar-refractivity contribution in [1.29, 1.82) is 0 Å². The SMILES string of the molecule is CCCCCCCCCCC(C)C(=O)OCC(CCCC)CCCCCCCC. The maximum absolute atomic E-state index is 12.4. The van der Waals surface area contributed by atoms with Crippen LogP contribution >= 0.6 is 0 Å². The molecule has 0 aliphatic carbocycles. The van der Waals surface area contributed by atoms with Crippen LogP contribution < -0.4 is 0 Å². The second kappa shape index (κ2) is 22.2. The van der Waals surface area contributed by atoms with E-state index in [1.165, 1.54) is 116 Å². The third-order valence-electron chi connectivity index (χ3n) is 6.29. The van der Waals surface area contributed by atoms with Crippen molar-refractivity contribution in [1.82, 2.24) is 0 Å². The highest BCUT2D eigenvalue weighted by Crippen LogP contribution is 2.20. The molecular weight excluding hydrogens is 356 g/mol. The highest BCUT2D eigenvalue weighted by molar-refractivity contribution is 5.71. The average Bonchev–Trinajstić information content (AvgIpc) is 2.73. The van der Waals surface area contributed by atoms with E-state index >= 15 is 0 Å². The number of hydrogen-bond donors (Lipinski definition) is 0. The van der Waals surface area contributed by atoms with Gasteiger partial charge in [-0.15, -0.1) is 0 Å². The molecule has 0 aromatic rings. The first-order valence-electron chi connectivity index (χ1n) is 13.3.